The van der Waals surface area contributed by atoms with Gasteiger partial charge in [-0.25, -0.2) is 0 Å². The number of rotatable bonds is 5. The van der Waals surface area contributed by atoms with E-state index in [1.807, 2.05) is 0 Å². The number of nitrogens with two attached hydrogens (primary N) is 1. The van der Waals surface area contributed by atoms with Crippen LogP contribution in [0.1, 0.15) is 29.9 Å². The van der Waals surface area contributed by atoms with E-state index in [0.717, 1.165) is 11.4 Å². The van der Waals surface area contributed by atoms with Crippen molar-refractivity contribution in [1.29, 1.82) is 0 Å². The first-order valence-electron chi connectivity index (χ1n) is 5.86. The zero-order valence-corrected chi connectivity index (χ0v) is 12.4. The van der Waals surface area contributed by atoms with Crippen LogP contribution in [0.2, 0.25) is 0 Å². The smallest absolute Gasteiger partial charge is 0.265 e. The lowest BCUT2D eigenvalue weighted by Crippen LogP contribution is -2.21. The van der Waals surface area contributed by atoms with Crippen LogP contribution in [-0.2, 0) is 0 Å². The molecule has 18 heavy (non-hydrogen) atoms. The van der Waals surface area contributed by atoms with Gasteiger partial charge in [-0.1, -0.05) is 6.92 Å². The van der Waals surface area contributed by atoms with E-state index in [4.69, 9.17) is 10.5 Å². The number of hydrogen-bond donors (Lipinski definition) is 2. The van der Waals surface area contributed by atoms with Crippen molar-refractivity contribution in [2.24, 2.45) is 0 Å². The van der Waals surface area contributed by atoms with Gasteiger partial charge in [-0.3, -0.25) is 4.79 Å². The van der Waals surface area contributed by atoms with Crippen LogP contribution in [0.15, 0.2) is 0 Å². The Bertz CT molecular complexity index is 429. The van der Waals surface area contributed by atoms with Crippen LogP contribution in [0.25, 0.3) is 0 Å². The largest absolute Gasteiger partial charge is 0.492 e. The van der Waals surface area contributed by atoms with Crippen molar-refractivity contribution in [1.82, 2.24) is 4.90 Å². The summed E-state index contributed by atoms with van der Waals surface area (Å²) in [6.07, 6.45) is 0.984. The molecule has 1 amide bonds. The standard InChI is InChI=1S/C12H21N3O2S/c1-6-7(2)14-11-9(17-5)8(13)10(18-11)12(16)15(3)4/h7,14H,6,13H2,1-5H3. The SMILES string of the molecule is CCC(C)Nc1sc(C(=O)N(C)C)c(N)c1OC. The van der Waals surface area contributed by atoms with Gasteiger partial charge in [-0.2, -0.15) is 0 Å². The molecular formula is C12H21N3O2S. The Morgan fingerprint density at radius 2 is 2.17 bits per heavy atom. The van der Waals surface area contributed by atoms with Crippen molar-refractivity contribution < 1.29 is 9.53 Å². The molecule has 6 heteroatoms. The molecule has 0 aliphatic heterocycles. The maximum Gasteiger partial charge on any atom is 0.265 e. The fraction of sp³-hybridized carbons (Fsp3) is 0.583. The molecule has 0 aliphatic carbocycles. The summed E-state index contributed by atoms with van der Waals surface area (Å²) < 4.78 is 5.28. The van der Waals surface area contributed by atoms with Crippen molar-refractivity contribution in [3.63, 3.8) is 0 Å². The van der Waals surface area contributed by atoms with E-state index in [1.165, 1.54) is 16.2 Å². The van der Waals surface area contributed by atoms with Crippen LogP contribution in [-0.4, -0.2) is 38.1 Å². The van der Waals surface area contributed by atoms with E-state index in [2.05, 4.69) is 19.2 Å². The minimum Gasteiger partial charge on any atom is -0.492 e. The van der Waals surface area contributed by atoms with Gasteiger partial charge in [-0.05, 0) is 13.3 Å². The van der Waals surface area contributed by atoms with Crippen molar-refractivity contribution in [3.8, 4) is 5.75 Å². The summed E-state index contributed by atoms with van der Waals surface area (Å²) in [6, 6.07) is 0.305. The molecule has 1 aromatic heterocycles. The maximum absolute atomic E-state index is 12.0. The lowest BCUT2D eigenvalue weighted by Gasteiger charge is -2.12. The Kier molecular flexibility index (Phi) is 4.84. The quantitative estimate of drug-likeness (QED) is 0.862. The number of ether oxygens (including phenoxy) is 1. The number of carbonyl (C=O) groups is 1. The second kappa shape index (κ2) is 5.95. The van der Waals surface area contributed by atoms with Crippen LogP contribution in [0.3, 0.4) is 0 Å². The summed E-state index contributed by atoms with van der Waals surface area (Å²) in [4.78, 5) is 14.0. The molecule has 1 atom stereocenters. The number of nitrogens with one attached hydrogen (secondary N) is 1. The van der Waals surface area contributed by atoms with E-state index in [1.54, 1.807) is 21.2 Å². The lowest BCUT2D eigenvalue weighted by molar-refractivity contribution is 0.0833. The number of hydrogen-bond acceptors (Lipinski definition) is 5. The average molecular weight is 271 g/mol. The first-order chi connectivity index (χ1) is 8.42. The molecule has 5 nitrogen and oxygen atoms in total. The normalized spacial score (nSPS) is 12.1. The summed E-state index contributed by atoms with van der Waals surface area (Å²) in [7, 11) is 4.97. The molecule has 0 saturated carbocycles. The number of carbonyl (C=O) groups excluding carboxylic acids is 1. The van der Waals surface area contributed by atoms with Crippen LogP contribution >= 0.6 is 11.3 Å². The summed E-state index contributed by atoms with van der Waals surface area (Å²) in [5.74, 6) is 0.457. The van der Waals surface area contributed by atoms with Crippen LogP contribution in [0.5, 0.6) is 5.75 Å². The average Bonchev–Trinajstić information content (AvgIpc) is 2.64. The molecule has 1 aromatic rings. The highest BCUT2D eigenvalue weighted by Crippen LogP contribution is 2.43. The number of nitrogens with zero attached hydrogens (tertiary/aromatic N) is 1. The highest BCUT2D eigenvalue weighted by Gasteiger charge is 2.23. The number of anilines is 2. The second-order valence-electron chi connectivity index (χ2n) is 4.36. The van der Waals surface area contributed by atoms with Gasteiger partial charge < -0.3 is 20.7 Å². The third-order valence-corrected chi connectivity index (χ3v) is 3.80. The summed E-state index contributed by atoms with van der Waals surface area (Å²) >= 11 is 1.34. The molecule has 1 unspecified atom stereocenters. The van der Waals surface area contributed by atoms with Crippen molar-refractivity contribution in [2.45, 2.75) is 26.3 Å². The summed E-state index contributed by atoms with van der Waals surface area (Å²) in [5, 5.41) is 4.12. The molecule has 1 rings (SSSR count). The van der Waals surface area contributed by atoms with E-state index in [0.29, 0.717) is 22.4 Å². The van der Waals surface area contributed by atoms with Crippen LogP contribution < -0.4 is 15.8 Å². The van der Waals surface area contributed by atoms with Gasteiger partial charge in [0.2, 0.25) is 0 Å². The zero-order valence-electron chi connectivity index (χ0n) is 11.5. The third-order valence-electron chi connectivity index (χ3n) is 2.69. The van der Waals surface area contributed by atoms with Gasteiger partial charge in [0.15, 0.2) is 5.75 Å². The first-order valence-corrected chi connectivity index (χ1v) is 6.68. The van der Waals surface area contributed by atoms with Gasteiger partial charge in [0.05, 0.1) is 7.11 Å². The number of methoxy groups -OCH3 is 1. The molecule has 0 fully saturated rings. The summed E-state index contributed by atoms with van der Waals surface area (Å²) in [5.41, 5.74) is 6.38. The fourth-order valence-corrected chi connectivity index (χ4v) is 2.64. The maximum atomic E-state index is 12.0. The van der Waals surface area contributed by atoms with Crippen molar-refractivity contribution in [3.05, 3.63) is 4.88 Å². The molecule has 0 saturated heterocycles. The molecule has 0 radical (unpaired) electrons. The first kappa shape index (κ1) is 14.6. The molecule has 0 spiro atoms. The molecule has 0 bridgehead atoms. The van der Waals surface area contributed by atoms with E-state index in [9.17, 15) is 4.79 Å². The molecule has 102 valence electrons. The summed E-state index contributed by atoms with van der Waals surface area (Å²) in [6.45, 7) is 4.16. The van der Waals surface area contributed by atoms with E-state index < -0.39 is 0 Å². The lowest BCUT2D eigenvalue weighted by atomic mass is 10.2. The molecule has 3 N–H and O–H groups in total. The number of thiophene rings is 1. The minimum absolute atomic E-state index is 0.104. The van der Waals surface area contributed by atoms with E-state index in [-0.39, 0.29) is 5.91 Å². The van der Waals surface area contributed by atoms with Crippen molar-refractivity contribution >= 4 is 27.9 Å². The topological polar surface area (TPSA) is 67.6 Å². The Balaban J connectivity index is 3.13. The Hall–Kier alpha value is -1.43. The van der Waals surface area contributed by atoms with Gasteiger partial charge >= 0.3 is 0 Å². The van der Waals surface area contributed by atoms with Gasteiger partial charge in [0, 0.05) is 20.1 Å². The molecular weight excluding hydrogens is 250 g/mol. The monoisotopic (exact) mass is 271 g/mol. The fourth-order valence-electron chi connectivity index (χ4n) is 1.41. The molecule has 1 heterocycles. The second-order valence-corrected chi connectivity index (χ2v) is 5.38. The number of nitrogen functional groups attached to an aromatic ring is 1. The minimum atomic E-state index is -0.104. The highest BCUT2D eigenvalue weighted by molar-refractivity contribution is 7.19. The zero-order chi connectivity index (χ0) is 13.9. The van der Waals surface area contributed by atoms with Gasteiger partial charge in [0.25, 0.3) is 5.91 Å². The Labute approximate surface area is 112 Å². The van der Waals surface area contributed by atoms with Gasteiger partial charge in [0.1, 0.15) is 15.6 Å². The molecule has 0 aromatic carbocycles. The van der Waals surface area contributed by atoms with Crippen molar-refractivity contribution in [2.75, 3.05) is 32.3 Å². The molecule has 0 aliphatic rings. The highest BCUT2D eigenvalue weighted by atomic mass is 32.1. The number of amides is 1. The van der Waals surface area contributed by atoms with E-state index >= 15 is 0 Å². The van der Waals surface area contributed by atoms with Crippen LogP contribution in [0.4, 0.5) is 10.7 Å². The van der Waals surface area contributed by atoms with Crippen LogP contribution in [0, 0.1) is 0 Å². The Morgan fingerprint density at radius 3 is 2.61 bits per heavy atom. The predicted molar refractivity (Wildman–Crippen MR) is 76.7 cm³/mol. The predicted octanol–water partition coefficient (Wildman–Crippen LogP) is 2.25. The Morgan fingerprint density at radius 1 is 1.56 bits per heavy atom. The van der Waals surface area contributed by atoms with Gasteiger partial charge in [-0.15, -0.1) is 11.3 Å². The third kappa shape index (κ3) is 2.87.